The summed E-state index contributed by atoms with van der Waals surface area (Å²) in [6.07, 6.45) is 0.790. The van der Waals surface area contributed by atoms with Gasteiger partial charge in [-0.05, 0) is 17.5 Å². The van der Waals surface area contributed by atoms with Crippen LogP contribution in [0.1, 0.15) is 30.9 Å². The van der Waals surface area contributed by atoms with Crippen molar-refractivity contribution in [1.82, 2.24) is 25.9 Å². The molecule has 3 N–H and O–H groups in total. The second kappa shape index (κ2) is 10.5. The quantitative estimate of drug-likeness (QED) is 0.562. The highest BCUT2D eigenvalue weighted by molar-refractivity contribution is 6.38. The summed E-state index contributed by atoms with van der Waals surface area (Å²) in [6, 6.07) is 8.64. The van der Waals surface area contributed by atoms with E-state index >= 15 is 0 Å². The Bertz CT molecular complexity index is 995. The first kappa shape index (κ1) is 22.9. The predicted molar refractivity (Wildman–Crippen MR) is 113 cm³/mol. The fourth-order valence-corrected chi connectivity index (χ4v) is 3.15. The van der Waals surface area contributed by atoms with E-state index in [2.05, 4.69) is 25.9 Å². The molecule has 2 bridgehead atoms. The summed E-state index contributed by atoms with van der Waals surface area (Å²) in [5.41, 5.74) is 1.32. The molecule has 168 valence electrons. The SMILES string of the molecule is CC(C)C(NC(=O)OCc1ccccc1)C(=O)NC1Cc2ccnc(n2)CNC(=O)C1=O. The molecule has 10 heteroatoms. The van der Waals surface area contributed by atoms with E-state index in [1.807, 2.05) is 30.3 Å². The predicted octanol–water partition coefficient (Wildman–Crippen LogP) is 0.654. The number of rotatable bonds is 6. The van der Waals surface area contributed by atoms with Gasteiger partial charge in [-0.2, -0.15) is 0 Å². The van der Waals surface area contributed by atoms with Crippen LogP contribution in [0, 0.1) is 5.92 Å². The lowest BCUT2D eigenvalue weighted by atomic mass is 10.0. The minimum absolute atomic E-state index is 0.0164. The lowest BCUT2D eigenvalue weighted by Crippen LogP contribution is -2.56. The highest BCUT2D eigenvalue weighted by atomic mass is 16.5. The smallest absolute Gasteiger partial charge is 0.408 e. The molecule has 1 aliphatic heterocycles. The minimum atomic E-state index is -1.13. The lowest BCUT2D eigenvalue weighted by Gasteiger charge is -2.24. The molecule has 0 aliphatic carbocycles. The van der Waals surface area contributed by atoms with Crippen molar-refractivity contribution in [3.63, 3.8) is 0 Å². The molecule has 0 spiro atoms. The Kier molecular flexibility index (Phi) is 7.48. The van der Waals surface area contributed by atoms with Crippen LogP contribution < -0.4 is 16.0 Å². The summed E-state index contributed by atoms with van der Waals surface area (Å²) in [6.45, 7) is 3.56. The molecule has 2 atom stereocenters. The molecule has 1 aliphatic rings. The number of fused-ring (bicyclic) bond motifs is 2. The zero-order chi connectivity index (χ0) is 23.1. The van der Waals surface area contributed by atoms with Crippen LogP contribution in [0.2, 0.25) is 0 Å². The third-order valence-electron chi connectivity index (χ3n) is 4.88. The highest BCUT2D eigenvalue weighted by Crippen LogP contribution is 2.09. The van der Waals surface area contributed by atoms with Crippen molar-refractivity contribution in [3.05, 3.63) is 59.7 Å². The zero-order valence-corrected chi connectivity index (χ0v) is 17.8. The standard InChI is InChI=1S/C22H25N5O5/c1-13(2)18(27-22(31)32-12-14-6-4-3-5-7-14)20(29)26-16-10-15-8-9-23-17(25-15)11-24-21(30)19(16)28/h3-9,13,16,18H,10-12H2,1-2H3,(H,24,30)(H,26,29)(H,27,31). The van der Waals surface area contributed by atoms with Gasteiger partial charge in [0.15, 0.2) is 0 Å². The number of ether oxygens (including phenoxy) is 1. The monoisotopic (exact) mass is 439 g/mol. The van der Waals surface area contributed by atoms with Crippen LogP contribution >= 0.6 is 0 Å². The van der Waals surface area contributed by atoms with Crippen molar-refractivity contribution in [2.24, 2.45) is 5.92 Å². The fourth-order valence-electron chi connectivity index (χ4n) is 3.15. The molecule has 3 amide bonds. The third kappa shape index (κ3) is 6.10. The molecule has 2 unspecified atom stereocenters. The molecular weight excluding hydrogens is 414 g/mol. The maximum Gasteiger partial charge on any atom is 0.408 e. The second-order valence-electron chi connectivity index (χ2n) is 7.70. The first-order valence-corrected chi connectivity index (χ1v) is 10.2. The maximum absolute atomic E-state index is 12.9. The number of carbonyl (C=O) groups excluding carboxylic acids is 4. The fraction of sp³-hybridized carbons (Fsp3) is 0.364. The number of nitrogens with zero attached hydrogens (tertiary/aromatic N) is 2. The Morgan fingerprint density at radius 2 is 1.94 bits per heavy atom. The van der Waals surface area contributed by atoms with Crippen LogP contribution in [0.5, 0.6) is 0 Å². The molecule has 1 aromatic carbocycles. The van der Waals surface area contributed by atoms with Gasteiger partial charge in [0.05, 0.1) is 6.54 Å². The highest BCUT2D eigenvalue weighted by Gasteiger charge is 2.33. The Balaban J connectivity index is 1.66. The van der Waals surface area contributed by atoms with Crippen LogP contribution in [-0.4, -0.2) is 45.7 Å². The first-order chi connectivity index (χ1) is 15.3. The molecule has 0 saturated heterocycles. The van der Waals surface area contributed by atoms with E-state index in [0.29, 0.717) is 11.5 Å². The number of nitrogens with one attached hydrogen (secondary N) is 3. The molecule has 0 fully saturated rings. The van der Waals surface area contributed by atoms with E-state index in [0.717, 1.165) is 5.56 Å². The number of alkyl carbamates (subject to hydrolysis) is 1. The van der Waals surface area contributed by atoms with Gasteiger partial charge in [-0.15, -0.1) is 0 Å². The van der Waals surface area contributed by atoms with Gasteiger partial charge in [0.25, 0.3) is 5.91 Å². The number of amides is 3. The van der Waals surface area contributed by atoms with Gasteiger partial charge in [-0.3, -0.25) is 14.4 Å². The molecule has 10 nitrogen and oxygen atoms in total. The van der Waals surface area contributed by atoms with Crippen LogP contribution in [0.15, 0.2) is 42.6 Å². The van der Waals surface area contributed by atoms with Crippen molar-refractivity contribution in [1.29, 1.82) is 0 Å². The van der Waals surface area contributed by atoms with Crippen molar-refractivity contribution in [3.8, 4) is 0 Å². The average molecular weight is 439 g/mol. The third-order valence-corrected chi connectivity index (χ3v) is 4.88. The van der Waals surface area contributed by atoms with Crippen LogP contribution in [0.3, 0.4) is 0 Å². The normalized spacial score (nSPS) is 16.8. The van der Waals surface area contributed by atoms with E-state index in [1.54, 1.807) is 19.9 Å². The van der Waals surface area contributed by atoms with Crippen LogP contribution in [-0.2, 0) is 38.7 Å². The second-order valence-corrected chi connectivity index (χ2v) is 7.70. The molecule has 32 heavy (non-hydrogen) atoms. The largest absolute Gasteiger partial charge is 0.445 e. The van der Waals surface area contributed by atoms with Gasteiger partial charge in [-0.1, -0.05) is 44.2 Å². The molecule has 2 heterocycles. The topological polar surface area (TPSA) is 139 Å². The average Bonchev–Trinajstić information content (AvgIpc) is 2.82. The first-order valence-electron chi connectivity index (χ1n) is 10.2. The number of hydrogen-bond donors (Lipinski definition) is 3. The van der Waals surface area contributed by atoms with Crippen LogP contribution in [0.25, 0.3) is 0 Å². The summed E-state index contributed by atoms with van der Waals surface area (Å²) in [5, 5.41) is 7.57. The number of ketones is 1. The summed E-state index contributed by atoms with van der Waals surface area (Å²) in [7, 11) is 0. The van der Waals surface area contributed by atoms with Crippen molar-refractivity contribution in [2.45, 2.75) is 45.5 Å². The minimum Gasteiger partial charge on any atom is -0.445 e. The van der Waals surface area contributed by atoms with E-state index in [9.17, 15) is 19.2 Å². The molecular formula is C22H25N5O5. The van der Waals surface area contributed by atoms with Gasteiger partial charge < -0.3 is 20.7 Å². The molecule has 0 saturated carbocycles. The summed E-state index contributed by atoms with van der Waals surface area (Å²) >= 11 is 0. The Labute approximate surface area is 185 Å². The Morgan fingerprint density at radius 3 is 2.66 bits per heavy atom. The number of Topliss-reactive ketones (excluding diaryl/α,β-unsaturated/α-hetero) is 1. The van der Waals surface area contributed by atoms with Crippen molar-refractivity contribution >= 4 is 23.7 Å². The molecule has 0 radical (unpaired) electrons. The number of carbonyl (C=O) groups is 4. The summed E-state index contributed by atoms with van der Waals surface area (Å²) in [4.78, 5) is 58.3. The van der Waals surface area contributed by atoms with Gasteiger partial charge in [-0.25, -0.2) is 14.8 Å². The Morgan fingerprint density at radius 1 is 1.19 bits per heavy atom. The van der Waals surface area contributed by atoms with Crippen molar-refractivity contribution in [2.75, 3.05) is 0 Å². The maximum atomic E-state index is 12.9. The number of hydrogen-bond acceptors (Lipinski definition) is 7. The molecule has 3 rings (SSSR count). The van der Waals surface area contributed by atoms with Gasteiger partial charge in [0, 0.05) is 18.3 Å². The Hall–Kier alpha value is -3.82. The van der Waals surface area contributed by atoms with Crippen LogP contribution in [0.4, 0.5) is 4.79 Å². The van der Waals surface area contributed by atoms with E-state index in [1.165, 1.54) is 6.20 Å². The van der Waals surface area contributed by atoms with Gasteiger partial charge in [0.2, 0.25) is 11.7 Å². The molecule has 2 aromatic rings. The van der Waals surface area contributed by atoms with E-state index in [4.69, 9.17) is 4.74 Å². The van der Waals surface area contributed by atoms with E-state index in [-0.39, 0.29) is 25.5 Å². The zero-order valence-electron chi connectivity index (χ0n) is 17.8. The lowest BCUT2D eigenvalue weighted by molar-refractivity contribution is -0.140. The van der Waals surface area contributed by atoms with Gasteiger partial charge in [0.1, 0.15) is 24.5 Å². The van der Waals surface area contributed by atoms with Crippen molar-refractivity contribution < 1.29 is 23.9 Å². The summed E-state index contributed by atoms with van der Waals surface area (Å²) in [5.74, 6) is -2.16. The van der Waals surface area contributed by atoms with Gasteiger partial charge >= 0.3 is 6.09 Å². The summed E-state index contributed by atoms with van der Waals surface area (Å²) < 4.78 is 5.19. The van der Waals surface area contributed by atoms with E-state index < -0.39 is 35.8 Å². The number of benzene rings is 1. The number of aromatic nitrogens is 2. The molecule has 1 aromatic heterocycles.